The number of nitrogens with zero attached hydrogens (tertiary/aromatic N) is 5. The Morgan fingerprint density at radius 3 is 2.22 bits per heavy atom. The number of imidazole rings is 2. The second-order valence-electron chi connectivity index (χ2n) is 17.3. The fraction of sp³-hybridized carbons (Fsp3) is 0.360. The van der Waals surface area contributed by atoms with Gasteiger partial charge in [-0.2, -0.15) is 0 Å². The molecule has 3 aromatic heterocycles. The van der Waals surface area contributed by atoms with Crippen LogP contribution in [-0.2, 0) is 23.8 Å². The van der Waals surface area contributed by atoms with E-state index in [2.05, 4.69) is 92.3 Å². The molecule has 3 aliphatic heterocycles. The first-order valence-electron chi connectivity index (χ1n) is 22.5. The van der Waals surface area contributed by atoms with Crippen LogP contribution >= 0.6 is 0 Å². The standard InChI is InChI=1S/C50H53N9O6/c1-63-29-53-43(37-6-3-19-51-27-37)48(60)58-20-4-7-41(58)46-52-28-40(55-46)36-12-11-32-24-31(9-10-33(32)26-36)34-13-15-38-35(25-34)14-16-39-45(38)56-47(54-39)42-8-5-21-59(42)49(61)44(57-50(62)64-2)30-17-22-65-23-18-30/h3,6,9-16,19,24-28,30,41-44,53H,4-5,7-8,17-18,20-23,29H2,1-2H3,(H,52,55)(H,54,56)(H,57,62). The molecular weight excluding hydrogens is 823 g/mol. The SMILES string of the molecule is COCNC(C(=O)N1CCCC1c1ncc(-c2ccc3cc(-c4ccc5c(ccc6[nH]c(C7CCCN7C(=O)C(NC(=O)OC)C7CCOCC7)nc65)c4)ccc3c2)[nH]1)c1cccnc1. The number of nitrogens with one attached hydrogen (secondary N) is 4. The highest BCUT2D eigenvalue weighted by atomic mass is 16.5. The summed E-state index contributed by atoms with van der Waals surface area (Å²) in [5, 5.41) is 10.4. The average molecular weight is 876 g/mol. The van der Waals surface area contributed by atoms with Gasteiger partial charge in [0.1, 0.15) is 23.7 Å². The number of H-pyrrole nitrogens is 2. The third-order valence-electron chi connectivity index (χ3n) is 13.4. The fourth-order valence-electron chi connectivity index (χ4n) is 10.1. The summed E-state index contributed by atoms with van der Waals surface area (Å²) in [5.74, 6) is 1.37. The quantitative estimate of drug-likeness (QED) is 0.0888. The maximum atomic E-state index is 14.1. The van der Waals surface area contributed by atoms with Gasteiger partial charge in [-0.05, 0) is 108 Å². The number of likely N-dealkylation sites (tertiary alicyclic amines) is 2. The molecule has 10 rings (SSSR count). The van der Waals surface area contributed by atoms with Gasteiger partial charge in [-0.25, -0.2) is 14.8 Å². The Labute approximate surface area is 376 Å². The van der Waals surface area contributed by atoms with Crippen LogP contribution in [0.1, 0.15) is 73.9 Å². The summed E-state index contributed by atoms with van der Waals surface area (Å²) < 4.78 is 15.7. The summed E-state index contributed by atoms with van der Waals surface area (Å²) >= 11 is 0. The monoisotopic (exact) mass is 875 g/mol. The number of aromatic nitrogens is 5. The van der Waals surface area contributed by atoms with Crippen LogP contribution < -0.4 is 10.6 Å². The molecule has 65 heavy (non-hydrogen) atoms. The van der Waals surface area contributed by atoms with E-state index < -0.39 is 18.2 Å². The van der Waals surface area contributed by atoms with Crippen molar-refractivity contribution in [1.29, 1.82) is 0 Å². The van der Waals surface area contributed by atoms with Crippen molar-refractivity contribution in [3.63, 3.8) is 0 Å². The van der Waals surface area contributed by atoms with Crippen molar-refractivity contribution in [2.45, 2.75) is 62.7 Å². The number of hydrogen-bond acceptors (Lipinski definition) is 10. The molecule has 4 N–H and O–H groups in total. The van der Waals surface area contributed by atoms with Gasteiger partial charge in [0.05, 0.1) is 48.8 Å². The van der Waals surface area contributed by atoms with Crippen molar-refractivity contribution in [2.75, 3.05) is 47.3 Å². The predicted molar refractivity (Wildman–Crippen MR) is 246 cm³/mol. The number of fused-ring (bicyclic) bond motifs is 4. The highest BCUT2D eigenvalue weighted by Crippen LogP contribution is 2.38. The molecular formula is C50H53N9O6. The van der Waals surface area contributed by atoms with Crippen molar-refractivity contribution >= 4 is 50.5 Å². The summed E-state index contributed by atoms with van der Waals surface area (Å²) in [6.45, 7) is 2.60. The summed E-state index contributed by atoms with van der Waals surface area (Å²) in [7, 11) is 2.92. The van der Waals surface area contributed by atoms with Gasteiger partial charge < -0.3 is 39.3 Å². The lowest BCUT2D eigenvalue weighted by Crippen LogP contribution is -2.53. The number of methoxy groups -OCH3 is 2. The van der Waals surface area contributed by atoms with Crippen molar-refractivity contribution in [3.8, 4) is 22.4 Å². The van der Waals surface area contributed by atoms with E-state index in [0.29, 0.717) is 39.1 Å². The van der Waals surface area contributed by atoms with Crippen LogP contribution in [0.25, 0.3) is 55.0 Å². The van der Waals surface area contributed by atoms with Crippen LogP contribution in [0.15, 0.2) is 97.5 Å². The Balaban J connectivity index is 0.857. The number of rotatable bonds is 12. The molecule has 0 radical (unpaired) electrons. The van der Waals surface area contributed by atoms with Gasteiger partial charge in [0.15, 0.2) is 0 Å². The molecule has 15 heteroatoms. The highest BCUT2D eigenvalue weighted by molar-refractivity contribution is 6.06. The lowest BCUT2D eigenvalue weighted by molar-refractivity contribution is -0.137. The van der Waals surface area contributed by atoms with Gasteiger partial charge in [0, 0.05) is 56.8 Å². The van der Waals surface area contributed by atoms with Gasteiger partial charge in [-0.3, -0.25) is 19.9 Å². The summed E-state index contributed by atoms with van der Waals surface area (Å²) in [5.41, 5.74) is 6.69. The fourth-order valence-corrected chi connectivity index (χ4v) is 10.1. The Bertz CT molecular complexity index is 2860. The van der Waals surface area contributed by atoms with Crippen molar-refractivity contribution < 1.29 is 28.6 Å². The lowest BCUT2D eigenvalue weighted by Gasteiger charge is -2.34. The minimum Gasteiger partial charge on any atom is -0.453 e. The molecule has 3 fully saturated rings. The van der Waals surface area contributed by atoms with E-state index in [1.807, 2.05) is 28.1 Å². The van der Waals surface area contributed by atoms with Gasteiger partial charge in [0.25, 0.3) is 0 Å². The smallest absolute Gasteiger partial charge is 0.407 e. The highest BCUT2D eigenvalue weighted by Gasteiger charge is 2.40. The van der Waals surface area contributed by atoms with Gasteiger partial charge in [0.2, 0.25) is 11.8 Å². The molecule has 334 valence electrons. The van der Waals surface area contributed by atoms with Crippen molar-refractivity contribution in [1.82, 2.24) is 45.4 Å². The predicted octanol–water partition coefficient (Wildman–Crippen LogP) is 7.73. The molecule has 4 aromatic carbocycles. The first kappa shape index (κ1) is 42.3. The number of benzene rings is 4. The molecule has 7 aromatic rings. The number of hydrogen-bond donors (Lipinski definition) is 4. The van der Waals surface area contributed by atoms with Crippen molar-refractivity contribution in [3.05, 3.63) is 115 Å². The number of carbonyl (C=O) groups is 3. The number of aromatic amines is 2. The molecule has 3 amide bonds. The van der Waals surface area contributed by atoms with Crippen molar-refractivity contribution in [2.24, 2.45) is 5.92 Å². The van der Waals surface area contributed by atoms with E-state index in [1.165, 1.54) is 7.11 Å². The Kier molecular flexibility index (Phi) is 12.0. The summed E-state index contributed by atoms with van der Waals surface area (Å²) in [4.78, 5) is 65.5. The first-order valence-corrected chi connectivity index (χ1v) is 22.5. The Morgan fingerprint density at radius 2 is 1.48 bits per heavy atom. The third kappa shape index (κ3) is 8.42. The average Bonchev–Trinajstić information content (AvgIpc) is 4.20. The Hall–Kier alpha value is -6.68. The van der Waals surface area contributed by atoms with Gasteiger partial charge >= 0.3 is 6.09 Å². The summed E-state index contributed by atoms with van der Waals surface area (Å²) in [6.07, 6.45) is 9.40. The van der Waals surface area contributed by atoms with Gasteiger partial charge in [-0.15, -0.1) is 0 Å². The van der Waals surface area contributed by atoms with Gasteiger partial charge in [-0.1, -0.05) is 48.5 Å². The molecule has 4 atom stereocenters. The second-order valence-corrected chi connectivity index (χ2v) is 17.3. The molecule has 3 saturated heterocycles. The van der Waals surface area contributed by atoms with E-state index in [9.17, 15) is 14.4 Å². The van der Waals surface area contributed by atoms with Crippen LogP contribution in [-0.4, -0.2) is 106 Å². The molecule has 0 bridgehead atoms. The van der Waals surface area contributed by atoms with E-state index in [-0.39, 0.29) is 36.5 Å². The second kappa shape index (κ2) is 18.4. The van der Waals surface area contributed by atoms with Crippen LogP contribution in [0, 0.1) is 5.92 Å². The zero-order valence-electron chi connectivity index (χ0n) is 36.6. The number of ether oxygens (including phenoxy) is 3. The Morgan fingerprint density at radius 1 is 0.785 bits per heavy atom. The number of pyridine rings is 1. The van der Waals surface area contributed by atoms with E-state index >= 15 is 0 Å². The van der Waals surface area contributed by atoms with E-state index in [1.54, 1.807) is 19.5 Å². The largest absolute Gasteiger partial charge is 0.453 e. The normalized spacial score (nSPS) is 19.0. The number of amides is 3. The zero-order chi connectivity index (χ0) is 44.4. The van der Waals surface area contributed by atoms with Crippen LogP contribution in [0.4, 0.5) is 4.79 Å². The molecule has 0 saturated carbocycles. The molecule has 6 heterocycles. The number of alkyl carbamates (subject to hydrolysis) is 1. The summed E-state index contributed by atoms with van der Waals surface area (Å²) in [6, 6.07) is 25.7. The lowest BCUT2D eigenvalue weighted by atomic mass is 9.90. The van der Waals surface area contributed by atoms with Crippen LogP contribution in [0.2, 0.25) is 0 Å². The maximum Gasteiger partial charge on any atom is 0.407 e. The maximum absolute atomic E-state index is 14.1. The molecule has 0 spiro atoms. The molecule has 0 aliphatic carbocycles. The minimum absolute atomic E-state index is 0.0274. The van der Waals surface area contributed by atoms with Crippen LogP contribution in [0.5, 0.6) is 0 Å². The molecule has 3 aliphatic rings. The molecule has 15 nitrogen and oxygen atoms in total. The zero-order valence-corrected chi connectivity index (χ0v) is 36.6. The van der Waals surface area contributed by atoms with Crippen LogP contribution in [0.3, 0.4) is 0 Å². The van der Waals surface area contributed by atoms with E-state index in [0.717, 1.165) is 97.9 Å². The van der Waals surface area contributed by atoms with E-state index in [4.69, 9.17) is 24.2 Å². The minimum atomic E-state index is -0.687. The first-order chi connectivity index (χ1) is 31.9. The topological polar surface area (TPSA) is 180 Å². The third-order valence-corrected chi connectivity index (χ3v) is 13.4. The molecule has 4 unspecified atom stereocenters. The number of carbonyl (C=O) groups excluding carboxylic acids is 3.